The maximum Gasteiger partial charge on any atom is 0.307 e. The van der Waals surface area contributed by atoms with E-state index in [-0.39, 0.29) is 17.6 Å². The van der Waals surface area contributed by atoms with Gasteiger partial charge in [-0.2, -0.15) is 4.98 Å². The number of hydrogen-bond donors (Lipinski definition) is 1. The molecule has 2 atom stereocenters. The van der Waals surface area contributed by atoms with Gasteiger partial charge in [0.1, 0.15) is 5.82 Å². The topological polar surface area (TPSA) is 76.2 Å². The highest BCUT2D eigenvalue weighted by atomic mass is 19.1. The summed E-state index contributed by atoms with van der Waals surface area (Å²) >= 11 is 0. The summed E-state index contributed by atoms with van der Waals surface area (Å²) in [6.07, 6.45) is 2.18. The fourth-order valence-corrected chi connectivity index (χ4v) is 2.68. The molecule has 1 heterocycles. The Balaban J connectivity index is 1.89. The lowest BCUT2D eigenvalue weighted by Crippen LogP contribution is -2.17. The van der Waals surface area contributed by atoms with Gasteiger partial charge in [0.05, 0.1) is 11.8 Å². The molecule has 0 bridgehead atoms. The normalized spacial score (nSPS) is 22.1. The summed E-state index contributed by atoms with van der Waals surface area (Å²) in [5.41, 5.74) is 0.518. The molecule has 20 heavy (non-hydrogen) atoms. The third kappa shape index (κ3) is 2.29. The monoisotopic (exact) mass is 276 g/mol. The molecule has 6 heteroatoms. The van der Waals surface area contributed by atoms with Crippen molar-refractivity contribution in [3.63, 3.8) is 0 Å². The van der Waals surface area contributed by atoms with Crippen molar-refractivity contribution in [1.29, 1.82) is 0 Å². The highest BCUT2D eigenvalue weighted by molar-refractivity contribution is 5.71. The van der Waals surface area contributed by atoms with E-state index in [9.17, 15) is 9.18 Å². The second kappa shape index (κ2) is 5.03. The van der Waals surface area contributed by atoms with Crippen LogP contribution in [-0.2, 0) is 4.79 Å². The number of carboxylic acid groups (broad SMARTS) is 1. The molecule has 3 rings (SSSR count). The minimum Gasteiger partial charge on any atom is -0.481 e. The molecule has 0 aliphatic heterocycles. The van der Waals surface area contributed by atoms with Crippen molar-refractivity contribution in [2.24, 2.45) is 5.92 Å². The molecule has 1 aliphatic carbocycles. The Hall–Kier alpha value is -2.24. The van der Waals surface area contributed by atoms with Crippen molar-refractivity contribution in [2.45, 2.75) is 25.2 Å². The van der Waals surface area contributed by atoms with E-state index in [4.69, 9.17) is 9.63 Å². The maximum absolute atomic E-state index is 13.2. The molecule has 1 saturated carbocycles. The van der Waals surface area contributed by atoms with Crippen LogP contribution in [0.25, 0.3) is 11.4 Å². The average molecular weight is 276 g/mol. The van der Waals surface area contributed by atoms with E-state index in [1.165, 1.54) is 12.1 Å². The van der Waals surface area contributed by atoms with Gasteiger partial charge in [-0.1, -0.05) is 23.7 Å². The van der Waals surface area contributed by atoms with Crippen LogP contribution in [0.3, 0.4) is 0 Å². The van der Waals surface area contributed by atoms with Crippen LogP contribution in [0.15, 0.2) is 28.8 Å². The van der Waals surface area contributed by atoms with Crippen molar-refractivity contribution >= 4 is 5.97 Å². The lowest BCUT2D eigenvalue weighted by atomic mass is 9.96. The molecular formula is C14H13FN2O3. The van der Waals surface area contributed by atoms with E-state index in [2.05, 4.69) is 10.1 Å². The summed E-state index contributed by atoms with van der Waals surface area (Å²) in [6.45, 7) is 0. The Labute approximate surface area is 114 Å². The summed E-state index contributed by atoms with van der Waals surface area (Å²) in [4.78, 5) is 15.4. The van der Waals surface area contributed by atoms with Crippen molar-refractivity contribution in [1.82, 2.24) is 10.1 Å². The zero-order chi connectivity index (χ0) is 14.1. The van der Waals surface area contributed by atoms with Crippen LogP contribution >= 0.6 is 0 Å². The number of halogens is 1. The van der Waals surface area contributed by atoms with Gasteiger partial charge in [-0.05, 0) is 25.0 Å². The van der Waals surface area contributed by atoms with Gasteiger partial charge < -0.3 is 9.63 Å². The first-order chi connectivity index (χ1) is 9.65. The Morgan fingerprint density at radius 2 is 2.25 bits per heavy atom. The number of benzene rings is 1. The Morgan fingerprint density at radius 3 is 3.00 bits per heavy atom. The molecule has 1 N–H and O–H groups in total. The number of carboxylic acids is 1. The molecule has 0 spiro atoms. The molecule has 2 aromatic rings. The lowest BCUT2D eigenvalue weighted by molar-refractivity contribution is -0.142. The van der Waals surface area contributed by atoms with Crippen LogP contribution in [-0.4, -0.2) is 21.2 Å². The first-order valence-corrected chi connectivity index (χ1v) is 6.47. The van der Waals surface area contributed by atoms with Crippen LogP contribution < -0.4 is 0 Å². The largest absolute Gasteiger partial charge is 0.481 e. The zero-order valence-corrected chi connectivity index (χ0v) is 10.6. The summed E-state index contributed by atoms with van der Waals surface area (Å²) in [7, 11) is 0. The Bertz CT molecular complexity index is 641. The molecule has 0 amide bonds. The standard InChI is InChI=1S/C14H13FN2O3/c15-9-4-1-3-8(7-9)12-16-13(20-17-12)10-5-2-6-11(10)14(18)19/h1,3-4,7,10-11H,2,5-6H2,(H,18,19). The fourth-order valence-electron chi connectivity index (χ4n) is 2.68. The zero-order valence-electron chi connectivity index (χ0n) is 10.6. The third-order valence-electron chi connectivity index (χ3n) is 3.67. The average Bonchev–Trinajstić information content (AvgIpc) is 3.07. The lowest BCUT2D eigenvalue weighted by Gasteiger charge is -2.09. The number of aliphatic carboxylic acids is 1. The van der Waals surface area contributed by atoms with Gasteiger partial charge in [-0.25, -0.2) is 4.39 Å². The van der Waals surface area contributed by atoms with Gasteiger partial charge in [0.2, 0.25) is 11.7 Å². The van der Waals surface area contributed by atoms with Crippen molar-refractivity contribution in [3.05, 3.63) is 36.0 Å². The van der Waals surface area contributed by atoms with E-state index < -0.39 is 11.9 Å². The maximum atomic E-state index is 13.2. The number of hydrogen-bond acceptors (Lipinski definition) is 4. The second-order valence-corrected chi connectivity index (χ2v) is 4.95. The Morgan fingerprint density at radius 1 is 1.40 bits per heavy atom. The van der Waals surface area contributed by atoms with Crippen LogP contribution in [0.1, 0.15) is 31.1 Å². The minimum absolute atomic E-state index is 0.248. The van der Waals surface area contributed by atoms with Crippen molar-refractivity contribution in [3.8, 4) is 11.4 Å². The molecule has 2 unspecified atom stereocenters. The quantitative estimate of drug-likeness (QED) is 0.932. The predicted octanol–water partition coefficient (Wildman–Crippen LogP) is 2.84. The molecule has 1 aliphatic rings. The molecule has 104 valence electrons. The van der Waals surface area contributed by atoms with E-state index in [0.717, 1.165) is 12.8 Å². The van der Waals surface area contributed by atoms with E-state index in [0.29, 0.717) is 17.9 Å². The van der Waals surface area contributed by atoms with Crippen LogP contribution in [0.4, 0.5) is 4.39 Å². The Kier molecular flexibility index (Phi) is 3.22. The van der Waals surface area contributed by atoms with Gasteiger partial charge in [0.25, 0.3) is 0 Å². The summed E-state index contributed by atoms with van der Waals surface area (Å²) < 4.78 is 18.3. The molecule has 5 nitrogen and oxygen atoms in total. The first-order valence-electron chi connectivity index (χ1n) is 6.47. The van der Waals surface area contributed by atoms with E-state index >= 15 is 0 Å². The fraction of sp³-hybridized carbons (Fsp3) is 0.357. The number of carbonyl (C=O) groups is 1. The third-order valence-corrected chi connectivity index (χ3v) is 3.67. The molecule has 1 aromatic heterocycles. The van der Waals surface area contributed by atoms with Gasteiger partial charge in [0, 0.05) is 5.56 Å². The summed E-state index contributed by atoms with van der Waals surface area (Å²) in [6, 6.07) is 5.90. The summed E-state index contributed by atoms with van der Waals surface area (Å²) in [5.74, 6) is -1.32. The first kappa shape index (κ1) is 12.8. The van der Waals surface area contributed by atoms with Crippen LogP contribution in [0.2, 0.25) is 0 Å². The van der Waals surface area contributed by atoms with Gasteiger partial charge in [-0.3, -0.25) is 4.79 Å². The smallest absolute Gasteiger partial charge is 0.307 e. The van der Waals surface area contributed by atoms with Gasteiger partial charge in [-0.15, -0.1) is 0 Å². The van der Waals surface area contributed by atoms with Crippen molar-refractivity contribution < 1.29 is 18.8 Å². The predicted molar refractivity (Wildman–Crippen MR) is 67.4 cm³/mol. The van der Waals surface area contributed by atoms with E-state index in [1.54, 1.807) is 12.1 Å². The van der Waals surface area contributed by atoms with Crippen LogP contribution in [0, 0.1) is 11.7 Å². The summed E-state index contributed by atoms with van der Waals surface area (Å²) in [5, 5.41) is 13.0. The highest BCUT2D eigenvalue weighted by Crippen LogP contribution is 2.39. The SMILES string of the molecule is O=C(O)C1CCCC1c1nc(-c2cccc(F)c2)no1. The van der Waals surface area contributed by atoms with E-state index in [1.807, 2.05) is 0 Å². The molecule has 1 aromatic carbocycles. The van der Waals surface area contributed by atoms with Crippen LogP contribution in [0.5, 0.6) is 0 Å². The molecule has 1 fully saturated rings. The van der Waals surface area contributed by atoms with Gasteiger partial charge >= 0.3 is 5.97 Å². The second-order valence-electron chi connectivity index (χ2n) is 4.95. The number of aromatic nitrogens is 2. The molecule has 0 saturated heterocycles. The molecular weight excluding hydrogens is 263 g/mol. The minimum atomic E-state index is -0.835. The van der Waals surface area contributed by atoms with Crippen molar-refractivity contribution in [2.75, 3.05) is 0 Å². The highest BCUT2D eigenvalue weighted by Gasteiger charge is 2.37. The number of rotatable bonds is 3. The van der Waals surface area contributed by atoms with Gasteiger partial charge in [0.15, 0.2) is 0 Å². The molecule has 0 radical (unpaired) electrons. The number of nitrogens with zero attached hydrogens (tertiary/aromatic N) is 2.